The maximum absolute atomic E-state index is 11.0. The highest BCUT2D eigenvalue weighted by Gasteiger charge is 2.36. The van der Waals surface area contributed by atoms with Crippen LogP contribution in [-0.2, 0) is 11.3 Å². The summed E-state index contributed by atoms with van der Waals surface area (Å²) in [6, 6.07) is 13.5. The number of likely N-dealkylation sites (tertiary alicyclic amines) is 1. The van der Waals surface area contributed by atoms with E-state index in [0.717, 1.165) is 36.3 Å². The summed E-state index contributed by atoms with van der Waals surface area (Å²) in [5, 5.41) is 13.7. The Labute approximate surface area is 209 Å². The Morgan fingerprint density at radius 2 is 1.86 bits per heavy atom. The molecule has 9 heteroatoms. The minimum absolute atomic E-state index is 0.0297. The zero-order chi connectivity index (χ0) is 25.0. The van der Waals surface area contributed by atoms with Gasteiger partial charge in [0.25, 0.3) is 5.89 Å². The molecule has 0 unspecified atom stereocenters. The molecule has 1 aliphatic rings. The smallest absolute Gasteiger partial charge is 0.489 e. The molecule has 1 saturated heterocycles. The highest BCUT2D eigenvalue weighted by atomic mass is 35.5. The number of nitrogens with zero attached hydrogens (tertiary/aromatic N) is 3. The normalized spacial score (nSPS) is 15.8. The molecule has 0 spiro atoms. The molecule has 0 bridgehead atoms. The minimum atomic E-state index is -1.19. The number of hydrogen-bond donors (Lipinski definition) is 1. The van der Waals surface area contributed by atoms with E-state index in [2.05, 4.69) is 27.2 Å². The van der Waals surface area contributed by atoms with Gasteiger partial charge in [-0.15, -0.1) is 0 Å². The van der Waals surface area contributed by atoms with Crippen molar-refractivity contribution < 1.29 is 23.9 Å². The fraction of sp³-hybridized carbons (Fsp3) is 0.423. The number of benzene rings is 2. The third-order valence-electron chi connectivity index (χ3n) is 6.30. The van der Waals surface area contributed by atoms with Crippen molar-refractivity contribution in [3.05, 3.63) is 53.1 Å². The van der Waals surface area contributed by atoms with Crippen LogP contribution < -0.4 is 4.74 Å². The Morgan fingerprint density at radius 3 is 2.46 bits per heavy atom. The van der Waals surface area contributed by atoms with Crippen molar-refractivity contribution in [2.75, 3.05) is 13.1 Å². The first-order chi connectivity index (χ1) is 16.8. The second-order valence-corrected chi connectivity index (χ2v) is 9.52. The van der Waals surface area contributed by atoms with Gasteiger partial charge in [-0.25, -0.2) is 4.79 Å². The second kappa shape index (κ2) is 10.7. The van der Waals surface area contributed by atoms with Gasteiger partial charge in [0.2, 0.25) is 5.82 Å². The highest BCUT2D eigenvalue weighted by Crippen LogP contribution is 2.32. The van der Waals surface area contributed by atoms with Gasteiger partial charge in [-0.05, 0) is 44.0 Å². The van der Waals surface area contributed by atoms with E-state index < -0.39 is 11.8 Å². The molecule has 1 fully saturated rings. The minimum Gasteiger partial charge on any atom is -0.489 e. The summed E-state index contributed by atoms with van der Waals surface area (Å²) in [7, 11) is 0. The third-order valence-corrected chi connectivity index (χ3v) is 6.60. The highest BCUT2D eigenvalue weighted by molar-refractivity contribution is 6.32. The molecule has 35 heavy (non-hydrogen) atoms. The number of aromatic nitrogens is 2. The van der Waals surface area contributed by atoms with E-state index in [1.807, 2.05) is 39.0 Å². The Kier molecular flexibility index (Phi) is 7.62. The number of ether oxygens (including phenoxy) is 2. The molecule has 186 valence electrons. The molecule has 3 aromatic rings. The maximum atomic E-state index is 11.0. The van der Waals surface area contributed by atoms with Gasteiger partial charge in [0, 0.05) is 43.6 Å². The molecule has 0 saturated carbocycles. The lowest BCUT2D eigenvalue weighted by molar-refractivity contribution is -0.0595. The number of carbonyl (C=O) groups is 1. The maximum Gasteiger partial charge on any atom is 0.506 e. The van der Waals surface area contributed by atoms with Gasteiger partial charge in [-0.2, -0.15) is 4.98 Å². The van der Waals surface area contributed by atoms with Crippen LogP contribution in [0.3, 0.4) is 0 Å². The predicted octanol–water partition coefficient (Wildman–Crippen LogP) is 6.28. The van der Waals surface area contributed by atoms with E-state index in [-0.39, 0.29) is 6.10 Å². The molecule has 1 N–H and O–H groups in total. The summed E-state index contributed by atoms with van der Waals surface area (Å²) in [5.41, 5.74) is 2.18. The summed E-state index contributed by atoms with van der Waals surface area (Å²) < 4.78 is 16.3. The van der Waals surface area contributed by atoms with Crippen LogP contribution in [-0.4, -0.2) is 51.1 Å². The van der Waals surface area contributed by atoms with Crippen LogP contribution in [0.15, 0.2) is 47.0 Å². The van der Waals surface area contributed by atoms with Crippen LogP contribution in [0.25, 0.3) is 22.8 Å². The van der Waals surface area contributed by atoms with E-state index >= 15 is 0 Å². The largest absolute Gasteiger partial charge is 0.506 e. The van der Waals surface area contributed by atoms with Gasteiger partial charge < -0.3 is 19.1 Å². The Bertz CT molecular complexity index is 1150. The molecule has 8 nitrogen and oxygen atoms in total. The van der Waals surface area contributed by atoms with Crippen LogP contribution in [0.5, 0.6) is 5.75 Å². The quantitative estimate of drug-likeness (QED) is 0.361. The van der Waals surface area contributed by atoms with E-state index in [9.17, 15) is 4.79 Å². The average molecular weight is 500 g/mol. The van der Waals surface area contributed by atoms with Crippen molar-refractivity contribution in [2.45, 2.75) is 58.3 Å². The fourth-order valence-electron chi connectivity index (χ4n) is 4.29. The van der Waals surface area contributed by atoms with Gasteiger partial charge in [0.05, 0.1) is 11.1 Å². The van der Waals surface area contributed by atoms with Crippen LogP contribution in [0.1, 0.15) is 45.6 Å². The molecule has 0 radical (unpaired) electrons. The lowest BCUT2D eigenvalue weighted by atomic mass is 9.88. The molecular weight excluding hydrogens is 470 g/mol. The van der Waals surface area contributed by atoms with Gasteiger partial charge >= 0.3 is 6.16 Å². The third kappa shape index (κ3) is 6.13. The first kappa shape index (κ1) is 25.0. The Morgan fingerprint density at radius 1 is 1.17 bits per heavy atom. The van der Waals surface area contributed by atoms with Crippen molar-refractivity contribution in [3.63, 3.8) is 0 Å². The number of carboxylic acid groups (broad SMARTS) is 1. The zero-order valence-electron chi connectivity index (χ0n) is 20.2. The molecule has 0 amide bonds. The van der Waals surface area contributed by atoms with E-state index in [0.29, 0.717) is 41.7 Å². The van der Waals surface area contributed by atoms with E-state index in [4.69, 9.17) is 30.7 Å². The Balaban J connectivity index is 1.38. The van der Waals surface area contributed by atoms with E-state index in [1.165, 1.54) is 0 Å². The first-order valence-corrected chi connectivity index (χ1v) is 12.2. The predicted molar refractivity (Wildman–Crippen MR) is 133 cm³/mol. The lowest BCUT2D eigenvalue weighted by Crippen LogP contribution is -2.46. The SMILES string of the molecule is CCC1(OC(=O)O)CCN(Cc2ccc(-c3noc(-c4ccc(OC(C)C)c(Cl)c4)n3)cc2)CC1. The average Bonchev–Trinajstić information content (AvgIpc) is 3.32. The van der Waals surface area contributed by atoms with Gasteiger partial charge in [-0.1, -0.05) is 47.9 Å². The van der Waals surface area contributed by atoms with Gasteiger partial charge in [-0.3, -0.25) is 4.90 Å². The Hall–Kier alpha value is -3.10. The first-order valence-electron chi connectivity index (χ1n) is 11.8. The summed E-state index contributed by atoms with van der Waals surface area (Å²) in [6.45, 7) is 8.24. The molecule has 2 aromatic carbocycles. The molecule has 0 atom stereocenters. The summed E-state index contributed by atoms with van der Waals surface area (Å²) in [5.74, 6) is 1.50. The van der Waals surface area contributed by atoms with Crippen molar-refractivity contribution in [1.29, 1.82) is 0 Å². The monoisotopic (exact) mass is 499 g/mol. The van der Waals surface area contributed by atoms with Crippen LogP contribution in [0.4, 0.5) is 4.79 Å². The number of hydrogen-bond acceptors (Lipinski definition) is 7. The van der Waals surface area contributed by atoms with Crippen LogP contribution in [0.2, 0.25) is 5.02 Å². The van der Waals surface area contributed by atoms with Crippen molar-refractivity contribution in [3.8, 4) is 28.6 Å². The molecule has 1 aliphatic heterocycles. The number of piperidine rings is 1. The summed E-state index contributed by atoms with van der Waals surface area (Å²) in [4.78, 5) is 17.9. The van der Waals surface area contributed by atoms with Crippen molar-refractivity contribution in [1.82, 2.24) is 15.0 Å². The lowest BCUT2D eigenvalue weighted by Gasteiger charge is -2.40. The molecule has 1 aromatic heterocycles. The summed E-state index contributed by atoms with van der Waals surface area (Å²) in [6.07, 6.45) is 0.932. The van der Waals surface area contributed by atoms with Crippen molar-refractivity contribution >= 4 is 17.8 Å². The molecule has 4 rings (SSSR count). The fourth-order valence-corrected chi connectivity index (χ4v) is 4.52. The molecule has 0 aliphatic carbocycles. The topological polar surface area (TPSA) is 97.9 Å². The van der Waals surface area contributed by atoms with Crippen LogP contribution >= 0.6 is 11.6 Å². The molecule has 2 heterocycles. The molecular formula is C26H30ClN3O5. The van der Waals surface area contributed by atoms with Gasteiger partial charge in [0.15, 0.2) is 0 Å². The van der Waals surface area contributed by atoms with Crippen molar-refractivity contribution in [2.24, 2.45) is 0 Å². The number of halogens is 1. The summed E-state index contributed by atoms with van der Waals surface area (Å²) >= 11 is 6.34. The van der Waals surface area contributed by atoms with E-state index in [1.54, 1.807) is 12.1 Å². The number of rotatable bonds is 8. The second-order valence-electron chi connectivity index (χ2n) is 9.11. The van der Waals surface area contributed by atoms with Gasteiger partial charge in [0.1, 0.15) is 11.4 Å². The zero-order valence-corrected chi connectivity index (χ0v) is 20.9. The van der Waals surface area contributed by atoms with Crippen LogP contribution in [0, 0.1) is 0 Å². The standard InChI is InChI=1S/C26H30ClN3O5/c1-4-26(34-25(31)32)11-13-30(14-12-26)16-18-5-7-19(8-6-18)23-28-24(35-29-23)20-9-10-22(21(27)15-20)33-17(2)3/h5-10,15,17H,4,11-14,16H2,1-3H3,(H,31,32).